The molecule has 2 aromatic rings. The molecule has 2 aromatic heterocycles. The van der Waals surface area contributed by atoms with E-state index >= 15 is 0 Å². The van der Waals surface area contributed by atoms with Gasteiger partial charge in [0.25, 0.3) is 0 Å². The van der Waals surface area contributed by atoms with Crippen LogP contribution < -0.4 is 5.32 Å². The third kappa shape index (κ3) is 2.60. The van der Waals surface area contributed by atoms with Crippen molar-refractivity contribution >= 4 is 22.6 Å². The molecule has 5 heteroatoms. The fourth-order valence-corrected chi connectivity index (χ4v) is 2.14. The first-order valence-corrected chi connectivity index (χ1v) is 5.91. The van der Waals surface area contributed by atoms with Crippen molar-refractivity contribution in [3.8, 4) is 0 Å². The number of nitrogens with zero attached hydrogens (tertiary/aromatic N) is 1. The zero-order chi connectivity index (χ0) is 12.3. The summed E-state index contributed by atoms with van der Waals surface area (Å²) in [6.45, 7) is 1.96. The molecule has 1 aliphatic heterocycles. The Labute approximate surface area is 105 Å². The maximum atomic E-state index is 5.84. The van der Waals surface area contributed by atoms with E-state index in [2.05, 4.69) is 20.0 Å². The van der Waals surface area contributed by atoms with E-state index < -0.39 is 0 Å². The molecular formula is C12H16ClN3O. The highest BCUT2D eigenvalue weighted by molar-refractivity contribution is 6.29. The molecule has 0 fully saturated rings. The summed E-state index contributed by atoms with van der Waals surface area (Å²) in [5.41, 5.74) is 3.55. The fourth-order valence-electron chi connectivity index (χ4n) is 2.00. The molecule has 1 aliphatic rings. The molecule has 3 rings (SSSR count). The molecule has 0 radical (unpaired) electrons. The lowest BCUT2D eigenvalue weighted by atomic mass is 10.1. The Morgan fingerprint density at radius 2 is 2.12 bits per heavy atom. The number of aromatic nitrogens is 2. The van der Waals surface area contributed by atoms with Crippen LogP contribution >= 0.6 is 11.6 Å². The lowest BCUT2D eigenvalue weighted by molar-refractivity contribution is 0.277. The van der Waals surface area contributed by atoms with Gasteiger partial charge in [0.15, 0.2) is 0 Å². The van der Waals surface area contributed by atoms with Crippen LogP contribution in [0.1, 0.15) is 11.3 Å². The number of halogens is 1. The van der Waals surface area contributed by atoms with Gasteiger partial charge in [-0.05, 0) is 17.7 Å². The van der Waals surface area contributed by atoms with Crippen LogP contribution in [-0.2, 0) is 17.7 Å². The van der Waals surface area contributed by atoms with Gasteiger partial charge < -0.3 is 15.0 Å². The first-order valence-electron chi connectivity index (χ1n) is 5.53. The number of ether oxygens (including phenoxy) is 1. The van der Waals surface area contributed by atoms with Crippen LogP contribution in [0.5, 0.6) is 0 Å². The van der Waals surface area contributed by atoms with E-state index in [1.807, 2.05) is 12.1 Å². The van der Waals surface area contributed by atoms with Gasteiger partial charge in [-0.3, -0.25) is 0 Å². The summed E-state index contributed by atoms with van der Waals surface area (Å²) >= 11 is 5.84. The predicted octanol–water partition coefficient (Wildman–Crippen LogP) is 2.12. The van der Waals surface area contributed by atoms with Crippen molar-refractivity contribution in [3.63, 3.8) is 0 Å². The largest absolute Gasteiger partial charge is 0.388 e. The summed E-state index contributed by atoms with van der Waals surface area (Å²) in [4.78, 5) is 7.58. The predicted molar refractivity (Wildman–Crippen MR) is 69.4 cm³/mol. The summed E-state index contributed by atoms with van der Waals surface area (Å²) in [6, 6.07) is 3.87. The second-order valence-electron chi connectivity index (χ2n) is 3.95. The molecule has 0 spiro atoms. The van der Waals surface area contributed by atoms with Crippen LogP contribution in [0, 0.1) is 0 Å². The van der Waals surface area contributed by atoms with Gasteiger partial charge in [-0.25, -0.2) is 4.98 Å². The van der Waals surface area contributed by atoms with E-state index in [-0.39, 0.29) is 0 Å². The molecule has 0 amide bonds. The van der Waals surface area contributed by atoms with Crippen LogP contribution in [0.2, 0.25) is 5.15 Å². The Morgan fingerprint density at radius 3 is 2.88 bits per heavy atom. The van der Waals surface area contributed by atoms with Crippen molar-refractivity contribution in [2.45, 2.75) is 13.0 Å². The van der Waals surface area contributed by atoms with Gasteiger partial charge in [-0.15, -0.1) is 0 Å². The number of fused-ring (bicyclic) bond motifs is 3. The number of nitrogens with one attached hydrogen (secondary N) is 2. The van der Waals surface area contributed by atoms with Gasteiger partial charge in [-0.2, -0.15) is 0 Å². The normalized spacial score (nSPS) is 14.1. The van der Waals surface area contributed by atoms with E-state index in [1.165, 1.54) is 16.6 Å². The van der Waals surface area contributed by atoms with Crippen molar-refractivity contribution < 1.29 is 4.74 Å². The number of hydrogen-bond donors (Lipinski definition) is 2. The van der Waals surface area contributed by atoms with Crippen LogP contribution in [0.25, 0.3) is 11.0 Å². The maximum absolute atomic E-state index is 5.84. The summed E-state index contributed by atoms with van der Waals surface area (Å²) in [5, 5.41) is 5.09. The zero-order valence-electron chi connectivity index (χ0n) is 10.0. The molecule has 0 bridgehead atoms. The lowest BCUT2D eigenvalue weighted by Gasteiger charge is -2.12. The summed E-state index contributed by atoms with van der Waals surface area (Å²) in [7, 11) is 3.25. The van der Waals surface area contributed by atoms with Crippen LogP contribution in [0.15, 0.2) is 12.1 Å². The monoisotopic (exact) mass is 253 g/mol. The van der Waals surface area contributed by atoms with Crippen molar-refractivity contribution in [2.24, 2.45) is 0 Å². The second kappa shape index (κ2) is 5.49. The molecule has 2 N–H and O–H groups in total. The molecule has 0 saturated carbocycles. The SMILES string of the molecule is COC.Clc1ccc2c3c([nH]c2n1)CCNC3. The maximum Gasteiger partial charge on any atom is 0.139 e. The molecule has 92 valence electrons. The summed E-state index contributed by atoms with van der Waals surface area (Å²) in [6.07, 6.45) is 1.04. The Balaban J connectivity index is 0.000000329. The molecule has 0 saturated heterocycles. The standard InChI is InChI=1S/C10H10ClN3.C2H6O/c11-9-2-1-6-7-5-12-4-3-8(7)13-10(6)14-9;1-3-2/h1-2,12H,3-5H2,(H,13,14);1-2H3. The van der Waals surface area contributed by atoms with E-state index in [9.17, 15) is 0 Å². The van der Waals surface area contributed by atoms with Crippen LogP contribution in [0.4, 0.5) is 0 Å². The van der Waals surface area contributed by atoms with Crippen molar-refractivity contribution in [2.75, 3.05) is 20.8 Å². The second-order valence-corrected chi connectivity index (χ2v) is 4.33. The molecule has 0 unspecified atom stereocenters. The first kappa shape index (κ1) is 12.4. The van der Waals surface area contributed by atoms with Gasteiger partial charge in [0.2, 0.25) is 0 Å². The van der Waals surface area contributed by atoms with Crippen molar-refractivity contribution in [3.05, 3.63) is 28.5 Å². The van der Waals surface area contributed by atoms with E-state index in [0.717, 1.165) is 25.2 Å². The first-order chi connectivity index (χ1) is 8.26. The number of pyridine rings is 1. The van der Waals surface area contributed by atoms with Gasteiger partial charge in [0.05, 0.1) is 0 Å². The molecule has 4 nitrogen and oxygen atoms in total. The van der Waals surface area contributed by atoms with E-state index in [4.69, 9.17) is 11.6 Å². The lowest BCUT2D eigenvalue weighted by Crippen LogP contribution is -2.22. The summed E-state index contributed by atoms with van der Waals surface area (Å²) < 4.78 is 4.25. The third-order valence-electron chi connectivity index (χ3n) is 2.67. The molecule has 17 heavy (non-hydrogen) atoms. The minimum Gasteiger partial charge on any atom is -0.388 e. The molecule has 0 atom stereocenters. The number of H-pyrrole nitrogens is 1. The molecule has 0 aliphatic carbocycles. The average molecular weight is 254 g/mol. The summed E-state index contributed by atoms with van der Waals surface area (Å²) in [5.74, 6) is 0. The quantitative estimate of drug-likeness (QED) is 0.707. The smallest absolute Gasteiger partial charge is 0.139 e. The topological polar surface area (TPSA) is 49.9 Å². The van der Waals surface area contributed by atoms with Gasteiger partial charge in [-0.1, -0.05) is 11.6 Å². The number of rotatable bonds is 0. The average Bonchev–Trinajstić information content (AvgIpc) is 2.67. The fraction of sp³-hybridized carbons (Fsp3) is 0.417. The van der Waals surface area contributed by atoms with Crippen molar-refractivity contribution in [1.29, 1.82) is 0 Å². The molecule has 0 aromatic carbocycles. The minimum atomic E-state index is 0.545. The number of aromatic amines is 1. The Kier molecular flexibility index (Phi) is 3.99. The third-order valence-corrected chi connectivity index (χ3v) is 2.88. The van der Waals surface area contributed by atoms with Crippen molar-refractivity contribution in [1.82, 2.24) is 15.3 Å². The Bertz CT molecular complexity index is 510. The van der Waals surface area contributed by atoms with E-state index in [1.54, 1.807) is 14.2 Å². The minimum absolute atomic E-state index is 0.545. The van der Waals surface area contributed by atoms with Crippen LogP contribution in [0.3, 0.4) is 0 Å². The van der Waals surface area contributed by atoms with Gasteiger partial charge >= 0.3 is 0 Å². The Morgan fingerprint density at radius 1 is 1.35 bits per heavy atom. The van der Waals surface area contributed by atoms with E-state index in [0.29, 0.717) is 5.15 Å². The zero-order valence-corrected chi connectivity index (χ0v) is 10.8. The number of hydrogen-bond acceptors (Lipinski definition) is 3. The highest BCUT2D eigenvalue weighted by Gasteiger charge is 2.15. The van der Waals surface area contributed by atoms with Crippen LogP contribution in [-0.4, -0.2) is 30.7 Å². The molecular weight excluding hydrogens is 238 g/mol. The number of methoxy groups -OCH3 is 1. The highest BCUT2D eigenvalue weighted by atomic mass is 35.5. The Hall–Kier alpha value is -1.10. The highest BCUT2D eigenvalue weighted by Crippen LogP contribution is 2.24. The molecule has 3 heterocycles. The van der Waals surface area contributed by atoms with Gasteiger partial charge in [0, 0.05) is 44.8 Å². The van der Waals surface area contributed by atoms with Gasteiger partial charge in [0.1, 0.15) is 10.8 Å².